The van der Waals surface area contributed by atoms with Gasteiger partial charge in [-0.1, -0.05) is 26.7 Å². The van der Waals surface area contributed by atoms with Crippen molar-refractivity contribution in [3.63, 3.8) is 0 Å². The summed E-state index contributed by atoms with van der Waals surface area (Å²) in [5, 5.41) is 10.6. The normalized spacial score (nSPS) is 54.7. The van der Waals surface area contributed by atoms with Gasteiger partial charge in [0.05, 0.1) is 5.60 Å². The van der Waals surface area contributed by atoms with Crippen LogP contribution in [0.4, 0.5) is 0 Å². The molecule has 4 aliphatic rings. The fourth-order valence-electron chi connectivity index (χ4n) is 7.98. The van der Waals surface area contributed by atoms with E-state index in [0.717, 1.165) is 23.7 Å². The van der Waals surface area contributed by atoms with Crippen molar-refractivity contribution < 1.29 is 5.11 Å². The van der Waals surface area contributed by atoms with Crippen LogP contribution in [0.5, 0.6) is 0 Å². The summed E-state index contributed by atoms with van der Waals surface area (Å²) in [4.78, 5) is 0. The molecule has 0 aromatic rings. The van der Waals surface area contributed by atoms with E-state index in [1.165, 1.54) is 57.8 Å². The molecule has 7 atom stereocenters. The third-order valence-corrected chi connectivity index (χ3v) is 9.16. The molecule has 0 aromatic heterocycles. The number of fused-ring (bicyclic) bond motifs is 5. The van der Waals surface area contributed by atoms with Gasteiger partial charge < -0.3 is 5.11 Å². The van der Waals surface area contributed by atoms with Crippen LogP contribution in [0.1, 0.15) is 85.5 Å². The van der Waals surface area contributed by atoms with Crippen LogP contribution in [0.3, 0.4) is 0 Å². The summed E-state index contributed by atoms with van der Waals surface area (Å²) >= 11 is 0. The first-order chi connectivity index (χ1) is 10.3. The van der Waals surface area contributed by atoms with Gasteiger partial charge in [0.2, 0.25) is 0 Å². The van der Waals surface area contributed by atoms with Crippen LogP contribution in [0.25, 0.3) is 0 Å². The summed E-state index contributed by atoms with van der Waals surface area (Å²) in [6.45, 7) is 9.26. The molecule has 0 heterocycles. The van der Waals surface area contributed by atoms with Crippen molar-refractivity contribution in [3.05, 3.63) is 0 Å². The SMILES string of the molecule is CC(C)(O)C1CC2C3CCC4CCCCC4(C)C3CCC21C. The Bertz CT molecular complexity index is 449. The van der Waals surface area contributed by atoms with E-state index >= 15 is 0 Å². The van der Waals surface area contributed by atoms with Crippen LogP contribution in [-0.4, -0.2) is 10.7 Å². The topological polar surface area (TPSA) is 20.2 Å². The molecule has 0 bridgehead atoms. The van der Waals surface area contributed by atoms with Crippen molar-refractivity contribution in [2.45, 2.75) is 91.1 Å². The summed E-state index contributed by atoms with van der Waals surface area (Å²) in [7, 11) is 0. The van der Waals surface area contributed by atoms with E-state index in [0.29, 0.717) is 16.7 Å². The second-order valence-corrected chi connectivity index (χ2v) is 10.4. The van der Waals surface area contributed by atoms with Gasteiger partial charge in [-0.3, -0.25) is 0 Å². The molecule has 0 spiro atoms. The molecule has 1 N–H and O–H groups in total. The molecule has 7 unspecified atom stereocenters. The van der Waals surface area contributed by atoms with E-state index in [-0.39, 0.29) is 0 Å². The summed E-state index contributed by atoms with van der Waals surface area (Å²) in [5.41, 5.74) is 0.601. The smallest absolute Gasteiger partial charge is 0.0625 e. The molecule has 0 amide bonds. The number of aliphatic hydroxyl groups is 1. The Morgan fingerprint density at radius 3 is 2.36 bits per heavy atom. The summed E-state index contributed by atoms with van der Waals surface area (Å²) in [6.07, 6.45) is 13.1. The highest BCUT2D eigenvalue weighted by Gasteiger charge is 2.64. The second kappa shape index (κ2) is 4.74. The predicted molar refractivity (Wildman–Crippen MR) is 91.5 cm³/mol. The van der Waals surface area contributed by atoms with E-state index in [4.69, 9.17) is 0 Å². The van der Waals surface area contributed by atoms with Gasteiger partial charge in [-0.2, -0.15) is 0 Å². The van der Waals surface area contributed by atoms with Crippen LogP contribution < -0.4 is 0 Å². The first kappa shape index (κ1) is 15.5. The van der Waals surface area contributed by atoms with Gasteiger partial charge in [0.15, 0.2) is 0 Å². The van der Waals surface area contributed by atoms with E-state index in [1.807, 2.05) is 13.8 Å². The lowest BCUT2D eigenvalue weighted by atomic mass is 9.36. The molecule has 0 aliphatic heterocycles. The zero-order valence-electron chi connectivity index (χ0n) is 15.2. The van der Waals surface area contributed by atoms with Crippen LogP contribution >= 0.6 is 0 Å². The summed E-state index contributed by atoms with van der Waals surface area (Å²) < 4.78 is 0. The quantitative estimate of drug-likeness (QED) is 0.686. The minimum Gasteiger partial charge on any atom is -0.390 e. The van der Waals surface area contributed by atoms with Crippen molar-refractivity contribution in [2.75, 3.05) is 0 Å². The highest BCUT2D eigenvalue weighted by atomic mass is 16.3. The molecule has 1 nitrogen and oxygen atoms in total. The average Bonchev–Trinajstić information content (AvgIpc) is 2.41. The van der Waals surface area contributed by atoms with E-state index in [1.54, 1.807) is 0 Å². The minimum atomic E-state index is -0.482. The summed E-state index contributed by atoms with van der Waals surface area (Å²) in [5.74, 6) is 4.42. The van der Waals surface area contributed by atoms with Gasteiger partial charge in [-0.05, 0) is 99.2 Å². The van der Waals surface area contributed by atoms with Gasteiger partial charge in [0, 0.05) is 0 Å². The Morgan fingerprint density at radius 1 is 0.864 bits per heavy atom. The van der Waals surface area contributed by atoms with Crippen molar-refractivity contribution in [1.82, 2.24) is 0 Å². The molecule has 0 radical (unpaired) electrons. The van der Waals surface area contributed by atoms with Crippen molar-refractivity contribution in [2.24, 2.45) is 40.4 Å². The van der Waals surface area contributed by atoms with E-state index in [9.17, 15) is 5.11 Å². The Kier molecular flexibility index (Phi) is 3.34. The molecular formula is C21H36O. The molecule has 4 rings (SSSR count). The monoisotopic (exact) mass is 304 g/mol. The molecule has 126 valence electrons. The van der Waals surface area contributed by atoms with Crippen LogP contribution in [0, 0.1) is 40.4 Å². The largest absolute Gasteiger partial charge is 0.390 e. The molecule has 1 heteroatoms. The van der Waals surface area contributed by atoms with Gasteiger partial charge in [0.1, 0.15) is 0 Å². The maximum Gasteiger partial charge on any atom is 0.0625 e. The van der Waals surface area contributed by atoms with Crippen LogP contribution in [0.15, 0.2) is 0 Å². The van der Waals surface area contributed by atoms with Crippen molar-refractivity contribution in [1.29, 1.82) is 0 Å². The van der Waals surface area contributed by atoms with Crippen LogP contribution in [-0.2, 0) is 0 Å². The number of rotatable bonds is 1. The molecule has 4 saturated carbocycles. The number of hydrogen-bond acceptors (Lipinski definition) is 1. The van der Waals surface area contributed by atoms with Gasteiger partial charge in [-0.15, -0.1) is 0 Å². The molecule has 4 fully saturated rings. The fourth-order valence-corrected chi connectivity index (χ4v) is 7.98. The molecular weight excluding hydrogens is 268 g/mol. The first-order valence-corrected chi connectivity index (χ1v) is 9.99. The Morgan fingerprint density at radius 2 is 1.64 bits per heavy atom. The Balaban J connectivity index is 1.58. The first-order valence-electron chi connectivity index (χ1n) is 9.99. The zero-order valence-corrected chi connectivity index (χ0v) is 15.2. The summed E-state index contributed by atoms with van der Waals surface area (Å²) in [6, 6.07) is 0. The average molecular weight is 305 g/mol. The third-order valence-electron chi connectivity index (χ3n) is 9.16. The van der Waals surface area contributed by atoms with Gasteiger partial charge in [-0.25, -0.2) is 0 Å². The second-order valence-electron chi connectivity index (χ2n) is 10.4. The lowest BCUT2D eigenvalue weighted by Crippen LogP contribution is -2.63. The predicted octanol–water partition coefficient (Wildman–Crippen LogP) is 5.42. The minimum absolute atomic E-state index is 0.428. The fraction of sp³-hybridized carbons (Fsp3) is 1.00. The Labute approximate surface area is 137 Å². The van der Waals surface area contributed by atoms with Crippen molar-refractivity contribution in [3.8, 4) is 0 Å². The highest BCUT2D eigenvalue weighted by Crippen LogP contribution is 2.70. The Hall–Kier alpha value is -0.0400. The highest BCUT2D eigenvalue weighted by molar-refractivity contribution is 5.13. The maximum atomic E-state index is 10.6. The zero-order chi connectivity index (χ0) is 15.8. The van der Waals surface area contributed by atoms with Gasteiger partial charge in [0.25, 0.3) is 0 Å². The molecule has 0 aromatic carbocycles. The lowest BCUT2D eigenvalue weighted by Gasteiger charge is -2.69. The molecule has 22 heavy (non-hydrogen) atoms. The maximum absolute atomic E-state index is 10.6. The van der Waals surface area contributed by atoms with Crippen molar-refractivity contribution >= 4 is 0 Å². The van der Waals surface area contributed by atoms with E-state index in [2.05, 4.69) is 13.8 Å². The van der Waals surface area contributed by atoms with Gasteiger partial charge >= 0.3 is 0 Å². The number of hydrogen-bond donors (Lipinski definition) is 1. The van der Waals surface area contributed by atoms with Crippen LogP contribution in [0.2, 0.25) is 0 Å². The van der Waals surface area contributed by atoms with E-state index < -0.39 is 5.60 Å². The molecule has 4 aliphatic carbocycles. The standard InChI is InChI=1S/C21H36O/c1-19(2,22)18-13-17-15-9-8-14-7-5-6-11-20(14,3)16(15)10-12-21(17,18)4/h14-18,22H,5-13H2,1-4H3. The molecule has 0 saturated heterocycles. The lowest BCUT2D eigenvalue weighted by molar-refractivity contribution is -0.222. The third kappa shape index (κ3) is 1.93.